The molecule has 0 aliphatic carbocycles. The van der Waals surface area contributed by atoms with Gasteiger partial charge in [-0.15, -0.1) is 0 Å². The second kappa shape index (κ2) is 9.15. The predicted molar refractivity (Wildman–Crippen MR) is 122 cm³/mol. The number of anilines is 2. The highest BCUT2D eigenvalue weighted by molar-refractivity contribution is 6.03. The summed E-state index contributed by atoms with van der Waals surface area (Å²) in [6, 6.07) is 6.83. The Hall–Kier alpha value is -3.79. The van der Waals surface area contributed by atoms with Crippen molar-refractivity contribution in [3.05, 3.63) is 47.8 Å². The Kier molecular flexibility index (Phi) is 6.13. The zero-order chi connectivity index (χ0) is 22.7. The van der Waals surface area contributed by atoms with Crippen molar-refractivity contribution in [1.29, 1.82) is 0 Å². The quantitative estimate of drug-likeness (QED) is 0.311. The monoisotopic (exact) mass is 435 g/mol. The summed E-state index contributed by atoms with van der Waals surface area (Å²) in [6.45, 7) is 2.49. The van der Waals surface area contributed by atoms with Crippen LogP contribution in [0.15, 0.2) is 36.7 Å². The zero-order valence-corrected chi connectivity index (χ0v) is 17.7. The minimum atomic E-state index is -1.000. The smallest absolute Gasteiger partial charge is 0.336 e. The highest BCUT2D eigenvalue weighted by Gasteiger charge is 2.18. The van der Waals surface area contributed by atoms with Crippen LogP contribution in [0, 0.1) is 0 Å². The first-order valence-electron chi connectivity index (χ1n) is 10.5. The number of nitrogens with one attached hydrogen (secondary N) is 1. The van der Waals surface area contributed by atoms with Gasteiger partial charge in [0.1, 0.15) is 11.0 Å². The molecule has 0 unspecified atom stereocenters. The summed E-state index contributed by atoms with van der Waals surface area (Å²) in [5, 5.41) is 27.4. The molecule has 3 aromatic heterocycles. The zero-order valence-electron chi connectivity index (χ0n) is 17.7. The van der Waals surface area contributed by atoms with E-state index in [-0.39, 0.29) is 24.2 Å². The number of carboxylic acid groups (broad SMARTS) is 1. The topological polar surface area (TPSA) is 152 Å². The maximum Gasteiger partial charge on any atom is 0.336 e. The molecule has 3 heterocycles. The van der Waals surface area contributed by atoms with E-state index in [4.69, 9.17) is 5.73 Å². The molecule has 0 saturated heterocycles. The van der Waals surface area contributed by atoms with Gasteiger partial charge in [0, 0.05) is 24.2 Å². The lowest BCUT2D eigenvalue weighted by molar-refractivity contribution is 0.0699. The molecule has 0 radical (unpaired) electrons. The highest BCUT2D eigenvalue weighted by atomic mass is 16.4. The number of aromatic nitrogens is 5. The molecule has 0 spiro atoms. The maximum atomic E-state index is 11.6. The fourth-order valence-electron chi connectivity index (χ4n) is 3.93. The van der Waals surface area contributed by atoms with Gasteiger partial charge < -0.3 is 21.3 Å². The highest BCUT2D eigenvalue weighted by Crippen LogP contribution is 2.26. The lowest BCUT2D eigenvalue weighted by Gasteiger charge is -2.19. The summed E-state index contributed by atoms with van der Waals surface area (Å²) in [5.41, 5.74) is 8.82. The van der Waals surface area contributed by atoms with Crippen molar-refractivity contribution >= 4 is 39.7 Å². The van der Waals surface area contributed by atoms with Crippen molar-refractivity contribution in [2.24, 2.45) is 0 Å². The SMILES string of the molecule is CCC[C@@H](CCO)Nc1nc(N)nc2cnn(Cc3ccc(C(=O)O)c4cccnc34)c12. The van der Waals surface area contributed by atoms with E-state index in [0.29, 0.717) is 40.7 Å². The van der Waals surface area contributed by atoms with Crippen LogP contribution in [-0.4, -0.2) is 53.6 Å². The Bertz CT molecular complexity index is 1270. The van der Waals surface area contributed by atoms with Crippen LogP contribution in [0.3, 0.4) is 0 Å². The van der Waals surface area contributed by atoms with E-state index in [1.807, 2.05) is 0 Å². The Morgan fingerprint density at radius 3 is 2.84 bits per heavy atom. The Morgan fingerprint density at radius 2 is 2.09 bits per heavy atom. The van der Waals surface area contributed by atoms with Crippen LogP contribution < -0.4 is 11.1 Å². The molecule has 0 fully saturated rings. The van der Waals surface area contributed by atoms with E-state index in [1.54, 1.807) is 41.3 Å². The van der Waals surface area contributed by atoms with Crippen molar-refractivity contribution in [2.75, 3.05) is 17.7 Å². The van der Waals surface area contributed by atoms with Gasteiger partial charge in [0.2, 0.25) is 5.95 Å². The molecule has 32 heavy (non-hydrogen) atoms. The largest absolute Gasteiger partial charge is 0.478 e. The normalized spacial score (nSPS) is 12.3. The summed E-state index contributed by atoms with van der Waals surface area (Å²) < 4.78 is 1.75. The van der Waals surface area contributed by atoms with Gasteiger partial charge in [-0.1, -0.05) is 25.5 Å². The molecule has 166 valence electrons. The van der Waals surface area contributed by atoms with Gasteiger partial charge in [-0.05, 0) is 30.5 Å². The van der Waals surface area contributed by atoms with E-state index in [2.05, 4.69) is 32.3 Å². The number of rotatable bonds is 9. The van der Waals surface area contributed by atoms with Crippen LogP contribution in [0.4, 0.5) is 11.8 Å². The predicted octanol–water partition coefficient (Wildman–Crippen LogP) is 2.67. The second-order valence-corrected chi connectivity index (χ2v) is 7.59. The Balaban J connectivity index is 1.78. The number of pyridine rings is 1. The van der Waals surface area contributed by atoms with E-state index in [9.17, 15) is 15.0 Å². The van der Waals surface area contributed by atoms with E-state index in [1.165, 1.54) is 0 Å². The van der Waals surface area contributed by atoms with Crippen molar-refractivity contribution in [2.45, 2.75) is 38.8 Å². The number of carbonyl (C=O) groups is 1. The molecule has 4 rings (SSSR count). The number of hydrogen-bond acceptors (Lipinski definition) is 8. The molecule has 0 bridgehead atoms. The number of nitrogens with two attached hydrogens (primary N) is 1. The van der Waals surface area contributed by atoms with Crippen LogP contribution in [-0.2, 0) is 6.54 Å². The molecule has 0 amide bonds. The lowest BCUT2D eigenvalue weighted by atomic mass is 10.0. The molecular formula is C22H25N7O3. The van der Waals surface area contributed by atoms with Gasteiger partial charge in [0.05, 0.1) is 23.8 Å². The van der Waals surface area contributed by atoms with Gasteiger partial charge in [-0.3, -0.25) is 9.67 Å². The Labute approximate surface area is 184 Å². The number of aromatic carboxylic acids is 1. The van der Waals surface area contributed by atoms with Gasteiger partial charge in [0.15, 0.2) is 5.82 Å². The third-order valence-corrected chi connectivity index (χ3v) is 5.37. The molecule has 10 nitrogen and oxygen atoms in total. The van der Waals surface area contributed by atoms with Gasteiger partial charge >= 0.3 is 5.97 Å². The summed E-state index contributed by atoms with van der Waals surface area (Å²) in [4.78, 5) is 24.7. The summed E-state index contributed by atoms with van der Waals surface area (Å²) in [5.74, 6) is -0.312. The second-order valence-electron chi connectivity index (χ2n) is 7.59. The average Bonchev–Trinajstić information content (AvgIpc) is 3.16. The third kappa shape index (κ3) is 4.17. The standard InChI is InChI=1S/C22H25N7O3/c1-2-4-14(8-10-30)26-20-19-17(27-22(23)28-20)11-25-29(19)12-13-6-7-16(21(31)32)15-5-3-9-24-18(13)15/h3,5-7,9,11,14,30H,2,4,8,10,12H2,1H3,(H,31,32)(H3,23,26,27,28)/t14-/m0/s1. The van der Waals surface area contributed by atoms with Crippen molar-refractivity contribution in [3.63, 3.8) is 0 Å². The van der Waals surface area contributed by atoms with Crippen LogP contribution in [0.2, 0.25) is 0 Å². The van der Waals surface area contributed by atoms with Gasteiger partial charge in [-0.2, -0.15) is 10.1 Å². The maximum absolute atomic E-state index is 11.6. The number of aliphatic hydroxyl groups is 1. The molecule has 0 aliphatic heterocycles. The van der Waals surface area contributed by atoms with Crippen molar-refractivity contribution in [3.8, 4) is 0 Å². The number of aliphatic hydroxyl groups excluding tert-OH is 1. The first-order valence-corrected chi connectivity index (χ1v) is 10.5. The molecule has 0 saturated carbocycles. The summed E-state index contributed by atoms with van der Waals surface area (Å²) in [7, 11) is 0. The van der Waals surface area contributed by atoms with Crippen LogP contribution in [0.25, 0.3) is 21.9 Å². The number of nitrogen functional groups attached to an aromatic ring is 1. The molecule has 1 atom stereocenters. The first-order chi connectivity index (χ1) is 15.5. The summed E-state index contributed by atoms with van der Waals surface area (Å²) >= 11 is 0. The number of nitrogens with zero attached hydrogens (tertiary/aromatic N) is 5. The van der Waals surface area contributed by atoms with E-state index < -0.39 is 5.97 Å². The average molecular weight is 435 g/mol. The molecule has 5 N–H and O–H groups in total. The van der Waals surface area contributed by atoms with Gasteiger partial charge in [0.25, 0.3) is 0 Å². The number of carboxylic acids is 1. The van der Waals surface area contributed by atoms with E-state index in [0.717, 1.165) is 18.4 Å². The van der Waals surface area contributed by atoms with Crippen molar-refractivity contribution < 1.29 is 15.0 Å². The first kappa shape index (κ1) is 21.4. The molecular weight excluding hydrogens is 410 g/mol. The molecule has 10 heteroatoms. The number of hydrogen-bond donors (Lipinski definition) is 4. The number of fused-ring (bicyclic) bond motifs is 2. The van der Waals surface area contributed by atoms with Crippen LogP contribution >= 0.6 is 0 Å². The van der Waals surface area contributed by atoms with Crippen LogP contribution in [0.1, 0.15) is 42.1 Å². The minimum Gasteiger partial charge on any atom is -0.478 e. The fraction of sp³-hybridized carbons (Fsp3) is 0.318. The number of benzene rings is 1. The fourth-order valence-corrected chi connectivity index (χ4v) is 3.93. The molecule has 4 aromatic rings. The van der Waals surface area contributed by atoms with Crippen molar-refractivity contribution in [1.82, 2.24) is 24.7 Å². The lowest BCUT2D eigenvalue weighted by Crippen LogP contribution is -2.22. The molecule has 0 aliphatic rings. The van der Waals surface area contributed by atoms with Gasteiger partial charge in [-0.25, -0.2) is 9.78 Å². The third-order valence-electron chi connectivity index (χ3n) is 5.37. The van der Waals surface area contributed by atoms with E-state index >= 15 is 0 Å². The molecule has 1 aromatic carbocycles. The van der Waals surface area contributed by atoms with Crippen LogP contribution in [0.5, 0.6) is 0 Å². The Morgan fingerprint density at radius 1 is 1.25 bits per heavy atom. The summed E-state index contributed by atoms with van der Waals surface area (Å²) in [6.07, 6.45) is 5.67. The minimum absolute atomic E-state index is 0.0307.